The highest BCUT2D eigenvalue weighted by Crippen LogP contribution is 2.00. The van der Waals surface area contributed by atoms with Gasteiger partial charge in [0, 0.05) is 0 Å². The summed E-state index contributed by atoms with van der Waals surface area (Å²) in [6.45, 7) is 1.63. The van der Waals surface area contributed by atoms with Crippen molar-refractivity contribution in [3.8, 4) is 0 Å². The average Bonchev–Trinajstić information content (AvgIpc) is 2.29. The first kappa shape index (κ1) is 12.0. The number of benzene rings is 1. The van der Waals surface area contributed by atoms with E-state index in [1.54, 1.807) is 6.08 Å². The van der Waals surface area contributed by atoms with Gasteiger partial charge < -0.3 is 9.94 Å². The zero-order valence-corrected chi connectivity index (χ0v) is 8.96. The minimum Gasteiger partial charge on any atom is -0.477 e. The third kappa shape index (κ3) is 4.41. The van der Waals surface area contributed by atoms with E-state index in [0.717, 1.165) is 5.56 Å². The number of rotatable bonds is 5. The average molecular weight is 219 g/mol. The van der Waals surface area contributed by atoms with Crippen molar-refractivity contribution in [2.24, 2.45) is 5.16 Å². The second-order valence-electron chi connectivity index (χ2n) is 3.09. The Morgan fingerprint density at radius 1 is 1.44 bits per heavy atom. The number of carboxylic acids is 1. The van der Waals surface area contributed by atoms with Crippen molar-refractivity contribution < 1.29 is 14.7 Å². The second kappa shape index (κ2) is 6.40. The number of nitrogens with zero attached hydrogens (tertiary/aromatic N) is 1. The lowest BCUT2D eigenvalue weighted by atomic mass is 10.2. The monoisotopic (exact) mass is 219 g/mol. The molecule has 4 nitrogen and oxygen atoms in total. The molecule has 0 bridgehead atoms. The van der Waals surface area contributed by atoms with Crippen LogP contribution in [-0.4, -0.2) is 23.4 Å². The quantitative estimate of drug-likeness (QED) is 0.469. The molecule has 84 valence electrons. The van der Waals surface area contributed by atoms with Crippen molar-refractivity contribution in [3.63, 3.8) is 0 Å². The topological polar surface area (TPSA) is 58.9 Å². The molecule has 16 heavy (non-hydrogen) atoms. The third-order valence-corrected chi connectivity index (χ3v) is 1.79. The van der Waals surface area contributed by atoms with Crippen LogP contribution in [0.3, 0.4) is 0 Å². The van der Waals surface area contributed by atoms with E-state index in [4.69, 9.17) is 9.94 Å². The molecule has 0 aliphatic rings. The fourth-order valence-corrected chi connectivity index (χ4v) is 0.965. The maximum absolute atomic E-state index is 10.4. The van der Waals surface area contributed by atoms with Crippen LogP contribution in [0, 0.1) is 0 Å². The highest BCUT2D eigenvalue weighted by molar-refractivity contribution is 6.34. The largest absolute Gasteiger partial charge is 0.477 e. The van der Waals surface area contributed by atoms with Crippen molar-refractivity contribution in [2.45, 2.75) is 6.92 Å². The van der Waals surface area contributed by atoms with Crippen molar-refractivity contribution in [1.29, 1.82) is 0 Å². The minimum atomic E-state index is -1.08. The third-order valence-electron chi connectivity index (χ3n) is 1.79. The maximum atomic E-state index is 10.4. The van der Waals surface area contributed by atoms with Gasteiger partial charge in [0.05, 0.1) is 0 Å². The zero-order chi connectivity index (χ0) is 11.8. The molecule has 0 saturated carbocycles. The molecule has 0 aromatic heterocycles. The Kier molecular flexibility index (Phi) is 4.79. The van der Waals surface area contributed by atoms with E-state index < -0.39 is 5.97 Å². The standard InChI is InChI=1S/C12H13NO3/c1-10(12(14)15)13-16-9-5-8-11-6-3-2-4-7-11/h2-8H,9H2,1H3,(H,14,15)/b8-5+,13-10?. The first-order chi connectivity index (χ1) is 7.70. The SMILES string of the molecule is CC(=NOC/C=C/c1ccccc1)C(=O)O. The molecular weight excluding hydrogens is 206 g/mol. The van der Waals surface area contributed by atoms with Gasteiger partial charge >= 0.3 is 5.97 Å². The summed E-state index contributed by atoms with van der Waals surface area (Å²) in [5, 5.41) is 11.9. The van der Waals surface area contributed by atoms with Crippen molar-refractivity contribution in [3.05, 3.63) is 42.0 Å². The van der Waals surface area contributed by atoms with Crippen LogP contribution in [0.1, 0.15) is 12.5 Å². The molecule has 1 N–H and O–H groups in total. The molecule has 0 radical (unpaired) electrons. The molecule has 0 heterocycles. The van der Waals surface area contributed by atoms with Gasteiger partial charge in [-0.25, -0.2) is 4.79 Å². The van der Waals surface area contributed by atoms with Crippen LogP contribution in [0.5, 0.6) is 0 Å². The van der Waals surface area contributed by atoms with Crippen LogP contribution in [0.4, 0.5) is 0 Å². The van der Waals surface area contributed by atoms with Gasteiger partial charge in [0.2, 0.25) is 0 Å². The van der Waals surface area contributed by atoms with Crippen LogP contribution in [0.25, 0.3) is 6.08 Å². The normalized spacial score (nSPS) is 11.7. The summed E-state index contributed by atoms with van der Waals surface area (Å²) >= 11 is 0. The molecule has 4 heteroatoms. The van der Waals surface area contributed by atoms with E-state index in [1.807, 2.05) is 36.4 Å². The van der Waals surface area contributed by atoms with Gasteiger partial charge in [-0.15, -0.1) is 0 Å². The zero-order valence-electron chi connectivity index (χ0n) is 8.96. The lowest BCUT2D eigenvalue weighted by Crippen LogP contribution is -2.08. The van der Waals surface area contributed by atoms with Gasteiger partial charge in [-0.05, 0) is 18.6 Å². The smallest absolute Gasteiger partial charge is 0.353 e. The maximum Gasteiger partial charge on any atom is 0.353 e. The van der Waals surface area contributed by atoms with Gasteiger partial charge in [-0.3, -0.25) is 0 Å². The number of carboxylic acid groups (broad SMARTS) is 1. The molecule has 1 rings (SSSR count). The number of oxime groups is 1. The number of hydrogen-bond acceptors (Lipinski definition) is 3. The molecule has 0 saturated heterocycles. The van der Waals surface area contributed by atoms with Crippen LogP contribution in [0.15, 0.2) is 41.6 Å². The molecule has 0 fully saturated rings. The number of hydrogen-bond donors (Lipinski definition) is 1. The summed E-state index contributed by atoms with van der Waals surface area (Å²) in [4.78, 5) is 15.2. The second-order valence-corrected chi connectivity index (χ2v) is 3.09. The number of aliphatic carboxylic acids is 1. The summed E-state index contributed by atoms with van der Waals surface area (Å²) < 4.78 is 0. The summed E-state index contributed by atoms with van der Waals surface area (Å²) in [6, 6.07) is 9.74. The summed E-state index contributed by atoms with van der Waals surface area (Å²) in [5.41, 5.74) is 0.998. The molecule has 0 atom stereocenters. The van der Waals surface area contributed by atoms with Gasteiger partial charge in [0.15, 0.2) is 5.71 Å². The Morgan fingerprint density at radius 3 is 2.75 bits per heavy atom. The van der Waals surface area contributed by atoms with Crippen LogP contribution in [-0.2, 0) is 9.63 Å². The highest BCUT2D eigenvalue weighted by atomic mass is 16.6. The van der Waals surface area contributed by atoms with E-state index in [-0.39, 0.29) is 12.3 Å². The van der Waals surface area contributed by atoms with Gasteiger partial charge in [-0.2, -0.15) is 0 Å². The molecule has 1 aromatic rings. The fourth-order valence-electron chi connectivity index (χ4n) is 0.965. The van der Waals surface area contributed by atoms with Crippen molar-refractivity contribution in [1.82, 2.24) is 0 Å². The van der Waals surface area contributed by atoms with E-state index in [2.05, 4.69) is 5.16 Å². The van der Waals surface area contributed by atoms with Gasteiger partial charge in [-0.1, -0.05) is 41.6 Å². The molecule has 0 spiro atoms. The Morgan fingerprint density at radius 2 is 2.12 bits per heavy atom. The highest BCUT2D eigenvalue weighted by Gasteiger charge is 2.00. The first-order valence-electron chi connectivity index (χ1n) is 4.81. The molecular formula is C12H13NO3. The Labute approximate surface area is 93.9 Å². The molecule has 0 unspecified atom stereocenters. The van der Waals surface area contributed by atoms with Gasteiger partial charge in [0.25, 0.3) is 0 Å². The lowest BCUT2D eigenvalue weighted by molar-refractivity contribution is -0.129. The van der Waals surface area contributed by atoms with Crippen molar-refractivity contribution >= 4 is 17.8 Å². The first-order valence-corrected chi connectivity index (χ1v) is 4.81. The Hall–Kier alpha value is -2.10. The summed E-state index contributed by atoms with van der Waals surface area (Å²) in [6.07, 6.45) is 3.65. The van der Waals surface area contributed by atoms with E-state index in [0.29, 0.717) is 0 Å². The molecule has 0 aliphatic heterocycles. The summed E-state index contributed by atoms with van der Waals surface area (Å²) in [7, 11) is 0. The molecule has 0 amide bonds. The summed E-state index contributed by atoms with van der Waals surface area (Å²) in [5.74, 6) is -1.08. The van der Waals surface area contributed by atoms with E-state index in [9.17, 15) is 4.79 Å². The molecule has 1 aromatic carbocycles. The molecule has 0 aliphatic carbocycles. The Bertz CT molecular complexity index is 396. The predicted octanol–water partition coefficient (Wildman–Crippen LogP) is 2.18. The fraction of sp³-hybridized carbons (Fsp3) is 0.167. The Balaban J connectivity index is 2.34. The van der Waals surface area contributed by atoms with Crippen LogP contribution in [0.2, 0.25) is 0 Å². The van der Waals surface area contributed by atoms with Crippen LogP contribution >= 0.6 is 0 Å². The van der Waals surface area contributed by atoms with Gasteiger partial charge in [0.1, 0.15) is 6.61 Å². The number of carbonyl (C=O) groups is 1. The van der Waals surface area contributed by atoms with E-state index >= 15 is 0 Å². The predicted molar refractivity (Wildman–Crippen MR) is 62.2 cm³/mol. The van der Waals surface area contributed by atoms with Crippen molar-refractivity contribution in [2.75, 3.05) is 6.61 Å². The van der Waals surface area contributed by atoms with E-state index in [1.165, 1.54) is 6.92 Å². The minimum absolute atomic E-state index is 0.0619. The lowest BCUT2D eigenvalue weighted by Gasteiger charge is -1.95. The van der Waals surface area contributed by atoms with Crippen LogP contribution < -0.4 is 0 Å².